The van der Waals surface area contributed by atoms with Crippen molar-refractivity contribution in [3.63, 3.8) is 0 Å². The monoisotopic (exact) mass is 437 g/mol. The number of hydrogen-bond donors (Lipinski definition) is 2. The van der Waals surface area contributed by atoms with Crippen molar-refractivity contribution in [2.45, 2.75) is 0 Å². The number of amides is 2. The molecule has 6 heteroatoms. The summed E-state index contributed by atoms with van der Waals surface area (Å²) in [7, 11) is 1.74. The molecule has 0 aliphatic carbocycles. The topological polar surface area (TPSA) is 61.4 Å². The Morgan fingerprint density at radius 2 is 1.61 bits per heavy atom. The molecule has 0 unspecified atom stereocenters. The van der Waals surface area contributed by atoms with Crippen LogP contribution in [0.2, 0.25) is 0 Å². The molecule has 0 atom stereocenters. The van der Waals surface area contributed by atoms with Crippen LogP contribution in [0.5, 0.6) is 0 Å². The molecule has 0 aliphatic rings. The fourth-order valence-corrected chi connectivity index (χ4v) is 2.91. The van der Waals surface area contributed by atoms with E-state index in [4.69, 9.17) is 0 Å². The number of nitrogens with zero attached hydrogens (tertiary/aromatic N) is 1. The van der Waals surface area contributed by atoms with Gasteiger partial charge in [0.05, 0.1) is 6.54 Å². The Labute approximate surface area is 172 Å². The second-order valence-electron chi connectivity index (χ2n) is 6.19. The zero-order chi connectivity index (χ0) is 19.9. The van der Waals surface area contributed by atoms with Gasteiger partial charge in [-0.1, -0.05) is 40.2 Å². The second-order valence-corrected chi connectivity index (χ2v) is 7.10. The van der Waals surface area contributed by atoms with Crippen molar-refractivity contribution in [2.24, 2.45) is 0 Å². The van der Waals surface area contributed by atoms with Gasteiger partial charge in [0, 0.05) is 34.1 Å². The number of hydrogen-bond acceptors (Lipinski definition) is 3. The fourth-order valence-electron chi connectivity index (χ4n) is 2.65. The number of anilines is 3. The molecule has 3 aromatic rings. The smallest absolute Gasteiger partial charge is 0.258 e. The Bertz CT molecular complexity index is 959. The molecule has 0 saturated heterocycles. The molecule has 0 radical (unpaired) electrons. The molecule has 142 valence electrons. The Hall–Kier alpha value is -3.12. The molecule has 3 aromatic carbocycles. The highest BCUT2D eigenvalue weighted by Crippen LogP contribution is 2.18. The lowest BCUT2D eigenvalue weighted by molar-refractivity contribution is -0.114. The molecule has 0 aromatic heterocycles. The summed E-state index contributed by atoms with van der Waals surface area (Å²) < 4.78 is 0.950. The molecule has 2 N–H and O–H groups in total. The van der Waals surface area contributed by atoms with Crippen LogP contribution < -0.4 is 15.5 Å². The van der Waals surface area contributed by atoms with E-state index >= 15 is 0 Å². The van der Waals surface area contributed by atoms with Crippen LogP contribution in [0, 0.1) is 0 Å². The minimum absolute atomic E-state index is 0.0994. The largest absolute Gasteiger partial charge is 0.376 e. The minimum atomic E-state index is -0.166. The second kappa shape index (κ2) is 9.19. The van der Waals surface area contributed by atoms with Gasteiger partial charge in [0.25, 0.3) is 5.91 Å². The lowest BCUT2D eigenvalue weighted by Gasteiger charge is -2.18. The summed E-state index contributed by atoms with van der Waals surface area (Å²) in [6.07, 6.45) is 0. The van der Waals surface area contributed by atoms with Crippen LogP contribution in [-0.4, -0.2) is 25.4 Å². The third-order valence-corrected chi connectivity index (χ3v) is 4.67. The Balaban J connectivity index is 1.60. The summed E-state index contributed by atoms with van der Waals surface area (Å²) in [5.74, 6) is -0.283. The van der Waals surface area contributed by atoms with Gasteiger partial charge in [-0.2, -0.15) is 0 Å². The average molecular weight is 438 g/mol. The number of halogens is 1. The standard InChI is InChI=1S/C22H20BrN3O2/c1-26(20-8-3-2-4-9-20)22(28)16-6-5-7-19(14-16)24-15-21(27)25-18-12-10-17(23)11-13-18/h2-14,24H,15H2,1H3,(H,25,27). The normalized spacial score (nSPS) is 10.2. The van der Waals surface area contributed by atoms with Crippen LogP contribution >= 0.6 is 15.9 Å². The molecular weight excluding hydrogens is 418 g/mol. The van der Waals surface area contributed by atoms with E-state index in [1.807, 2.05) is 60.7 Å². The van der Waals surface area contributed by atoms with E-state index in [2.05, 4.69) is 26.6 Å². The van der Waals surface area contributed by atoms with Gasteiger partial charge >= 0.3 is 0 Å². The predicted molar refractivity (Wildman–Crippen MR) is 117 cm³/mol. The van der Waals surface area contributed by atoms with Gasteiger partial charge < -0.3 is 15.5 Å². The van der Waals surface area contributed by atoms with Crippen LogP contribution in [0.3, 0.4) is 0 Å². The van der Waals surface area contributed by atoms with E-state index in [0.717, 1.165) is 15.8 Å². The Kier molecular flexibility index (Phi) is 6.45. The maximum Gasteiger partial charge on any atom is 0.258 e. The van der Waals surface area contributed by atoms with Crippen molar-refractivity contribution in [3.8, 4) is 0 Å². The van der Waals surface area contributed by atoms with E-state index in [0.29, 0.717) is 11.3 Å². The van der Waals surface area contributed by atoms with E-state index in [9.17, 15) is 9.59 Å². The van der Waals surface area contributed by atoms with Crippen LogP contribution in [0.4, 0.5) is 17.1 Å². The first kappa shape index (κ1) is 19.6. The number of rotatable bonds is 6. The maximum absolute atomic E-state index is 12.7. The van der Waals surface area contributed by atoms with E-state index in [1.165, 1.54) is 0 Å². The molecular formula is C22H20BrN3O2. The van der Waals surface area contributed by atoms with E-state index in [-0.39, 0.29) is 18.4 Å². The van der Waals surface area contributed by atoms with Crippen molar-refractivity contribution in [3.05, 3.63) is 88.9 Å². The molecule has 3 rings (SSSR count). The number of carbonyl (C=O) groups excluding carboxylic acids is 2. The molecule has 2 amide bonds. The number of para-hydroxylation sites is 1. The lowest BCUT2D eigenvalue weighted by Crippen LogP contribution is -2.26. The van der Waals surface area contributed by atoms with E-state index < -0.39 is 0 Å². The molecule has 0 saturated carbocycles. The zero-order valence-corrected chi connectivity index (χ0v) is 16.9. The van der Waals surface area contributed by atoms with Gasteiger partial charge in [0.2, 0.25) is 5.91 Å². The first-order valence-electron chi connectivity index (χ1n) is 8.75. The molecule has 0 aliphatic heterocycles. The molecule has 0 spiro atoms. The molecule has 5 nitrogen and oxygen atoms in total. The van der Waals surface area contributed by atoms with Crippen molar-refractivity contribution in [1.29, 1.82) is 0 Å². The van der Waals surface area contributed by atoms with Gasteiger partial charge in [-0.05, 0) is 54.6 Å². The maximum atomic E-state index is 12.7. The van der Waals surface area contributed by atoms with Crippen molar-refractivity contribution in [1.82, 2.24) is 0 Å². The highest BCUT2D eigenvalue weighted by atomic mass is 79.9. The summed E-state index contributed by atoms with van der Waals surface area (Å²) in [5.41, 5.74) is 2.80. The van der Waals surface area contributed by atoms with Gasteiger partial charge in [0.1, 0.15) is 0 Å². The van der Waals surface area contributed by atoms with Crippen LogP contribution in [-0.2, 0) is 4.79 Å². The van der Waals surface area contributed by atoms with Crippen LogP contribution in [0.25, 0.3) is 0 Å². The highest BCUT2D eigenvalue weighted by Gasteiger charge is 2.13. The third-order valence-electron chi connectivity index (χ3n) is 4.14. The van der Waals surface area contributed by atoms with Gasteiger partial charge in [-0.3, -0.25) is 9.59 Å². The number of benzene rings is 3. The summed E-state index contributed by atoms with van der Waals surface area (Å²) in [4.78, 5) is 26.4. The highest BCUT2D eigenvalue weighted by molar-refractivity contribution is 9.10. The SMILES string of the molecule is CN(C(=O)c1cccc(NCC(=O)Nc2ccc(Br)cc2)c1)c1ccccc1. The van der Waals surface area contributed by atoms with Crippen LogP contribution in [0.1, 0.15) is 10.4 Å². The summed E-state index contributed by atoms with van der Waals surface area (Å²) in [6.45, 7) is 0.0994. The van der Waals surface area contributed by atoms with Crippen molar-refractivity contribution >= 4 is 44.8 Å². The molecule has 0 bridgehead atoms. The third kappa shape index (κ3) is 5.20. The number of nitrogens with one attached hydrogen (secondary N) is 2. The Morgan fingerprint density at radius 1 is 0.893 bits per heavy atom. The minimum Gasteiger partial charge on any atom is -0.376 e. The van der Waals surface area contributed by atoms with E-state index in [1.54, 1.807) is 30.1 Å². The summed E-state index contributed by atoms with van der Waals surface area (Å²) in [6, 6.07) is 23.9. The molecule has 0 fully saturated rings. The predicted octanol–water partition coefficient (Wildman–Crippen LogP) is 4.78. The first-order chi connectivity index (χ1) is 13.5. The van der Waals surface area contributed by atoms with Crippen molar-refractivity contribution < 1.29 is 9.59 Å². The first-order valence-corrected chi connectivity index (χ1v) is 9.55. The number of carbonyl (C=O) groups is 2. The van der Waals surface area contributed by atoms with Gasteiger partial charge in [-0.25, -0.2) is 0 Å². The lowest BCUT2D eigenvalue weighted by atomic mass is 10.1. The fraction of sp³-hybridized carbons (Fsp3) is 0.0909. The average Bonchev–Trinajstić information content (AvgIpc) is 2.74. The quantitative estimate of drug-likeness (QED) is 0.583. The summed E-state index contributed by atoms with van der Waals surface area (Å²) >= 11 is 3.36. The zero-order valence-electron chi connectivity index (χ0n) is 15.4. The summed E-state index contributed by atoms with van der Waals surface area (Å²) in [5, 5.41) is 5.88. The van der Waals surface area contributed by atoms with Gasteiger partial charge in [0.15, 0.2) is 0 Å². The Morgan fingerprint density at radius 3 is 2.32 bits per heavy atom. The van der Waals surface area contributed by atoms with Crippen LogP contribution in [0.15, 0.2) is 83.3 Å². The van der Waals surface area contributed by atoms with Crippen molar-refractivity contribution in [2.75, 3.05) is 29.1 Å². The molecule has 0 heterocycles. The molecule has 28 heavy (non-hydrogen) atoms. The van der Waals surface area contributed by atoms with Gasteiger partial charge in [-0.15, -0.1) is 0 Å².